The topological polar surface area (TPSA) is 71.4 Å². The fourth-order valence-corrected chi connectivity index (χ4v) is 2.70. The van der Waals surface area contributed by atoms with Crippen molar-refractivity contribution in [2.24, 2.45) is 0 Å². The summed E-state index contributed by atoms with van der Waals surface area (Å²) >= 11 is 0. The number of H-pyrrole nitrogens is 1. The molecule has 3 heterocycles. The van der Waals surface area contributed by atoms with Gasteiger partial charge in [0, 0.05) is 31.8 Å². The minimum atomic E-state index is 0.797. The van der Waals surface area contributed by atoms with Crippen LogP contribution in [-0.4, -0.2) is 31.3 Å². The number of aromatic nitrogens is 5. The standard InChI is InChI=1S/C14H22N6/c1-2-5-13-18-19-14(20(13)10-3-1)6-4-7-15-11-12-16-8-9-17-12/h8-9,15H,1-7,10-11H2,(H,16,17). The molecule has 0 fully saturated rings. The average molecular weight is 274 g/mol. The summed E-state index contributed by atoms with van der Waals surface area (Å²) in [6.45, 7) is 2.87. The lowest BCUT2D eigenvalue weighted by Gasteiger charge is -2.07. The molecule has 0 amide bonds. The average Bonchev–Trinajstić information content (AvgIpc) is 3.04. The molecular weight excluding hydrogens is 252 g/mol. The van der Waals surface area contributed by atoms with E-state index in [1.54, 1.807) is 6.20 Å². The zero-order chi connectivity index (χ0) is 13.6. The van der Waals surface area contributed by atoms with Gasteiger partial charge < -0.3 is 14.9 Å². The Labute approximate surface area is 119 Å². The van der Waals surface area contributed by atoms with E-state index >= 15 is 0 Å². The maximum absolute atomic E-state index is 4.35. The molecule has 0 radical (unpaired) electrons. The van der Waals surface area contributed by atoms with E-state index in [9.17, 15) is 0 Å². The first-order chi connectivity index (χ1) is 9.93. The number of imidazole rings is 1. The molecule has 0 saturated heterocycles. The second-order valence-electron chi connectivity index (χ2n) is 5.31. The molecule has 2 aromatic rings. The first-order valence-corrected chi connectivity index (χ1v) is 7.53. The molecule has 0 aromatic carbocycles. The van der Waals surface area contributed by atoms with Crippen LogP contribution in [0.3, 0.4) is 0 Å². The largest absolute Gasteiger partial charge is 0.348 e. The fraction of sp³-hybridized carbons (Fsp3) is 0.643. The van der Waals surface area contributed by atoms with Crippen LogP contribution in [-0.2, 0) is 25.9 Å². The zero-order valence-electron chi connectivity index (χ0n) is 11.8. The number of fused-ring (bicyclic) bond motifs is 1. The van der Waals surface area contributed by atoms with Gasteiger partial charge >= 0.3 is 0 Å². The molecular formula is C14H22N6. The third-order valence-electron chi connectivity index (χ3n) is 3.79. The van der Waals surface area contributed by atoms with Crippen LogP contribution < -0.4 is 5.32 Å². The molecule has 2 aromatic heterocycles. The molecule has 0 atom stereocenters. The van der Waals surface area contributed by atoms with Crippen LogP contribution in [0.5, 0.6) is 0 Å². The van der Waals surface area contributed by atoms with E-state index in [-0.39, 0.29) is 0 Å². The van der Waals surface area contributed by atoms with Gasteiger partial charge in [0.15, 0.2) is 0 Å². The predicted molar refractivity (Wildman–Crippen MR) is 76.2 cm³/mol. The van der Waals surface area contributed by atoms with Crippen molar-refractivity contribution in [1.29, 1.82) is 0 Å². The summed E-state index contributed by atoms with van der Waals surface area (Å²) in [5.74, 6) is 3.32. The number of rotatable bonds is 6. The molecule has 0 spiro atoms. The third kappa shape index (κ3) is 3.25. The van der Waals surface area contributed by atoms with Crippen LogP contribution in [0.2, 0.25) is 0 Å². The molecule has 6 nitrogen and oxygen atoms in total. The molecule has 20 heavy (non-hydrogen) atoms. The fourth-order valence-electron chi connectivity index (χ4n) is 2.70. The highest BCUT2D eigenvalue weighted by Gasteiger charge is 2.13. The summed E-state index contributed by atoms with van der Waals surface area (Å²) in [6.07, 6.45) is 10.6. The Morgan fingerprint density at radius 3 is 3.15 bits per heavy atom. The molecule has 2 N–H and O–H groups in total. The molecule has 0 unspecified atom stereocenters. The Morgan fingerprint density at radius 2 is 2.25 bits per heavy atom. The van der Waals surface area contributed by atoms with Crippen molar-refractivity contribution in [3.8, 4) is 0 Å². The van der Waals surface area contributed by atoms with Gasteiger partial charge in [-0.2, -0.15) is 0 Å². The minimum absolute atomic E-state index is 0.797. The molecule has 0 saturated carbocycles. The SMILES string of the molecule is c1c[nH]c(CNCCCc2nnc3n2CCCCC3)n1. The number of aryl methyl sites for hydroxylation is 2. The van der Waals surface area contributed by atoms with Gasteiger partial charge in [-0.15, -0.1) is 10.2 Å². The van der Waals surface area contributed by atoms with E-state index in [4.69, 9.17) is 0 Å². The maximum atomic E-state index is 4.35. The van der Waals surface area contributed by atoms with Crippen molar-refractivity contribution in [3.63, 3.8) is 0 Å². The van der Waals surface area contributed by atoms with Crippen LogP contribution in [0.4, 0.5) is 0 Å². The Kier molecular flexibility index (Phi) is 4.42. The number of hydrogen-bond donors (Lipinski definition) is 2. The lowest BCUT2D eigenvalue weighted by molar-refractivity contribution is 0.578. The van der Waals surface area contributed by atoms with Crippen LogP contribution in [0.15, 0.2) is 12.4 Å². The van der Waals surface area contributed by atoms with Gasteiger partial charge in [-0.25, -0.2) is 4.98 Å². The second kappa shape index (κ2) is 6.65. The molecule has 108 valence electrons. The summed E-state index contributed by atoms with van der Waals surface area (Å²) < 4.78 is 2.33. The molecule has 1 aliphatic rings. The summed E-state index contributed by atoms with van der Waals surface area (Å²) in [4.78, 5) is 7.28. The quantitative estimate of drug-likeness (QED) is 0.782. The van der Waals surface area contributed by atoms with E-state index in [0.29, 0.717) is 0 Å². The highest BCUT2D eigenvalue weighted by Crippen LogP contribution is 2.15. The van der Waals surface area contributed by atoms with Crippen LogP contribution in [0, 0.1) is 0 Å². The zero-order valence-corrected chi connectivity index (χ0v) is 11.8. The first kappa shape index (κ1) is 13.3. The van der Waals surface area contributed by atoms with Crippen LogP contribution >= 0.6 is 0 Å². The highest BCUT2D eigenvalue weighted by molar-refractivity contribution is 4.98. The lowest BCUT2D eigenvalue weighted by Crippen LogP contribution is -2.17. The van der Waals surface area contributed by atoms with Gasteiger partial charge in [-0.05, 0) is 25.8 Å². The van der Waals surface area contributed by atoms with E-state index in [0.717, 1.165) is 50.5 Å². The van der Waals surface area contributed by atoms with Crippen molar-refractivity contribution in [2.45, 2.75) is 51.6 Å². The second-order valence-corrected chi connectivity index (χ2v) is 5.31. The highest BCUT2D eigenvalue weighted by atomic mass is 15.3. The summed E-state index contributed by atoms with van der Waals surface area (Å²) in [5, 5.41) is 12.1. The maximum Gasteiger partial charge on any atom is 0.133 e. The third-order valence-corrected chi connectivity index (χ3v) is 3.79. The van der Waals surface area contributed by atoms with Crippen molar-refractivity contribution >= 4 is 0 Å². The first-order valence-electron chi connectivity index (χ1n) is 7.53. The van der Waals surface area contributed by atoms with E-state index < -0.39 is 0 Å². The minimum Gasteiger partial charge on any atom is -0.348 e. The summed E-state index contributed by atoms with van der Waals surface area (Å²) in [6, 6.07) is 0. The molecule has 1 aliphatic heterocycles. The molecule has 0 bridgehead atoms. The Balaban J connectivity index is 1.43. The smallest absolute Gasteiger partial charge is 0.133 e. The van der Waals surface area contributed by atoms with Crippen LogP contribution in [0.1, 0.15) is 43.2 Å². The Hall–Kier alpha value is -1.69. The molecule has 0 aliphatic carbocycles. The van der Waals surface area contributed by atoms with Gasteiger partial charge in [-0.1, -0.05) is 6.42 Å². The van der Waals surface area contributed by atoms with Crippen molar-refractivity contribution in [3.05, 3.63) is 29.9 Å². The van der Waals surface area contributed by atoms with Crippen molar-refractivity contribution in [1.82, 2.24) is 30.0 Å². The van der Waals surface area contributed by atoms with E-state index in [1.807, 2.05) is 6.20 Å². The van der Waals surface area contributed by atoms with E-state index in [2.05, 4.69) is 30.0 Å². The van der Waals surface area contributed by atoms with Crippen molar-refractivity contribution in [2.75, 3.05) is 6.54 Å². The van der Waals surface area contributed by atoms with Gasteiger partial charge in [0.2, 0.25) is 0 Å². The number of nitrogens with zero attached hydrogens (tertiary/aromatic N) is 4. The molecule has 6 heteroatoms. The Bertz CT molecular complexity index is 516. The number of nitrogens with one attached hydrogen (secondary N) is 2. The number of hydrogen-bond acceptors (Lipinski definition) is 4. The monoisotopic (exact) mass is 274 g/mol. The van der Waals surface area contributed by atoms with Gasteiger partial charge in [0.1, 0.15) is 17.5 Å². The van der Waals surface area contributed by atoms with Gasteiger partial charge in [0.25, 0.3) is 0 Å². The summed E-state index contributed by atoms with van der Waals surface area (Å²) in [7, 11) is 0. The normalized spacial score (nSPS) is 15.0. The van der Waals surface area contributed by atoms with Crippen molar-refractivity contribution < 1.29 is 0 Å². The molecule has 3 rings (SSSR count). The Morgan fingerprint density at radius 1 is 1.25 bits per heavy atom. The van der Waals surface area contributed by atoms with Gasteiger partial charge in [-0.3, -0.25) is 0 Å². The van der Waals surface area contributed by atoms with Gasteiger partial charge in [0.05, 0.1) is 6.54 Å². The van der Waals surface area contributed by atoms with E-state index in [1.165, 1.54) is 25.1 Å². The predicted octanol–water partition coefficient (Wildman–Crippen LogP) is 1.45. The lowest BCUT2D eigenvalue weighted by atomic mass is 10.2. The summed E-state index contributed by atoms with van der Waals surface area (Å²) in [5.41, 5.74) is 0. The number of aromatic amines is 1. The van der Waals surface area contributed by atoms with Crippen LogP contribution in [0.25, 0.3) is 0 Å².